The van der Waals surface area contributed by atoms with Crippen LogP contribution in [0.4, 0.5) is 0 Å². The molecule has 19 heavy (non-hydrogen) atoms. The first kappa shape index (κ1) is 14.2. The van der Waals surface area contributed by atoms with E-state index >= 15 is 0 Å². The number of nitrogens with one attached hydrogen (secondary N) is 1. The van der Waals surface area contributed by atoms with Crippen LogP contribution in [-0.4, -0.2) is 21.3 Å². The Hall–Kier alpha value is -1.20. The van der Waals surface area contributed by atoms with Gasteiger partial charge in [-0.15, -0.1) is 11.3 Å². The first-order valence-corrected chi connectivity index (χ1v) is 7.75. The molecule has 0 amide bonds. The lowest BCUT2D eigenvalue weighted by Gasteiger charge is -2.17. The van der Waals surface area contributed by atoms with Crippen LogP contribution in [0.2, 0.25) is 0 Å². The number of thiazole rings is 1. The maximum atomic E-state index is 4.55. The molecule has 2 aromatic rings. The van der Waals surface area contributed by atoms with Gasteiger partial charge in [-0.05, 0) is 19.4 Å². The molecule has 0 saturated heterocycles. The largest absolute Gasteiger partial charge is 0.310 e. The van der Waals surface area contributed by atoms with Crippen LogP contribution in [-0.2, 0) is 19.9 Å². The van der Waals surface area contributed by atoms with Crippen molar-refractivity contribution in [3.63, 3.8) is 0 Å². The van der Waals surface area contributed by atoms with E-state index in [0.717, 1.165) is 25.8 Å². The van der Waals surface area contributed by atoms with Crippen LogP contribution in [0.15, 0.2) is 17.9 Å². The molecular weight excluding hydrogens is 256 g/mol. The van der Waals surface area contributed by atoms with Crippen LogP contribution < -0.4 is 5.32 Å². The fraction of sp³-hybridized carbons (Fsp3) is 0.571. The highest BCUT2D eigenvalue weighted by Gasteiger charge is 2.18. The van der Waals surface area contributed by atoms with Gasteiger partial charge >= 0.3 is 0 Å². The SMILES string of the molecule is CCCNC(Cc1cncs1)c1cn(C)nc1CC. The number of hydrogen-bond donors (Lipinski definition) is 1. The maximum Gasteiger partial charge on any atom is 0.0794 e. The average Bonchev–Trinajstić information content (AvgIpc) is 3.03. The molecule has 1 atom stereocenters. The minimum absolute atomic E-state index is 0.337. The highest BCUT2D eigenvalue weighted by Crippen LogP contribution is 2.23. The summed E-state index contributed by atoms with van der Waals surface area (Å²) in [5, 5.41) is 8.19. The van der Waals surface area contributed by atoms with Crippen molar-refractivity contribution in [3.8, 4) is 0 Å². The Kier molecular flexibility index (Phi) is 5.10. The Labute approximate surface area is 118 Å². The van der Waals surface area contributed by atoms with Crippen molar-refractivity contribution in [2.24, 2.45) is 7.05 Å². The van der Waals surface area contributed by atoms with Gasteiger partial charge in [0.25, 0.3) is 0 Å². The van der Waals surface area contributed by atoms with E-state index in [9.17, 15) is 0 Å². The molecule has 4 nitrogen and oxygen atoms in total. The Balaban J connectivity index is 2.20. The van der Waals surface area contributed by atoms with E-state index in [2.05, 4.69) is 35.4 Å². The molecule has 5 heteroatoms. The zero-order valence-corrected chi connectivity index (χ0v) is 12.7. The molecule has 0 aliphatic carbocycles. The summed E-state index contributed by atoms with van der Waals surface area (Å²) < 4.78 is 1.92. The first-order chi connectivity index (χ1) is 9.24. The van der Waals surface area contributed by atoms with Crippen molar-refractivity contribution in [2.45, 2.75) is 39.2 Å². The van der Waals surface area contributed by atoms with Gasteiger partial charge in [0.15, 0.2) is 0 Å². The van der Waals surface area contributed by atoms with Crippen molar-refractivity contribution in [1.29, 1.82) is 0 Å². The third-order valence-corrected chi connectivity index (χ3v) is 3.98. The van der Waals surface area contributed by atoms with Gasteiger partial charge in [-0.25, -0.2) is 0 Å². The molecule has 0 fully saturated rings. The average molecular weight is 278 g/mol. The number of hydrogen-bond acceptors (Lipinski definition) is 4. The second-order valence-electron chi connectivity index (χ2n) is 4.74. The maximum absolute atomic E-state index is 4.55. The molecule has 104 valence electrons. The monoisotopic (exact) mass is 278 g/mol. The van der Waals surface area contributed by atoms with E-state index in [1.807, 2.05) is 23.4 Å². The quantitative estimate of drug-likeness (QED) is 0.847. The minimum atomic E-state index is 0.337. The second-order valence-corrected chi connectivity index (χ2v) is 5.71. The summed E-state index contributed by atoms with van der Waals surface area (Å²) >= 11 is 1.72. The zero-order chi connectivity index (χ0) is 13.7. The van der Waals surface area contributed by atoms with Crippen molar-refractivity contribution in [1.82, 2.24) is 20.1 Å². The Morgan fingerprint density at radius 1 is 1.42 bits per heavy atom. The predicted octanol–water partition coefficient (Wildman–Crippen LogP) is 2.72. The summed E-state index contributed by atoms with van der Waals surface area (Å²) in [6.07, 6.45) is 7.22. The lowest BCUT2D eigenvalue weighted by molar-refractivity contribution is 0.528. The van der Waals surface area contributed by atoms with Gasteiger partial charge in [-0.2, -0.15) is 5.10 Å². The van der Waals surface area contributed by atoms with Gasteiger partial charge < -0.3 is 5.32 Å². The Bertz CT molecular complexity index is 490. The van der Waals surface area contributed by atoms with Crippen molar-refractivity contribution >= 4 is 11.3 Å². The van der Waals surface area contributed by atoms with Crippen LogP contribution >= 0.6 is 11.3 Å². The Morgan fingerprint density at radius 3 is 2.89 bits per heavy atom. The lowest BCUT2D eigenvalue weighted by Crippen LogP contribution is -2.24. The summed E-state index contributed by atoms with van der Waals surface area (Å²) in [6.45, 7) is 5.39. The molecular formula is C14H22N4S. The molecule has 2 aromatic heterocycles. The molecule has 0 saturated carbocycles. The van der Waals surface area contributed by atoms with Crippen LogP contribution in [0.3, 0.4) is 0 Å². The van der Waals surface area contributed by atoms with E-state index in [4.69, 9.17) is 0 Å². The molecule has 0 aromatic carbocycles. The third kappa shape index (κ3) is 3.64. The summed E-state index contributed by atoms with van der Waals surface area (Å²) in [7, 11) is 1.99. The van der Waals surface area contributed by atoms with Crippen molar-refractivity contribution in [2.75, 3.05) is 6.54 Å². The second kappa shape index (κ2) is 6.82. The van der Waals surface area contributed by atoms with Crippen molar-refractivity contribution in [3.05, 3.63) is 34.0 Å². The van der Waals surface area contributed by atoms with Gasteiger partial charge in [-0.3, -0.25) is 9.67 Å². The van der Waals surface area contributed by atoms with E-state index in [1.54, 1.807) is 11.3 Å². The highest BCUT2D eigenvalue weighted by atomic mass is 32.1. The number of aryl methyl sites for hydroxylation is 2. The Morgan fingerprint density at radius 2 is 2.26 bits per heavy atom. The summed E-state index contributed by atoms with van der Waals surface area (Å²) in [6, 6.07) is 0.337. The minimum Gasteiger partial charge on any atom is -0.310 e. The molecule has 1 unspecified atom stereocenters. The lowest BCUT2D eigenvalue weighted by atomic mass is 10.0. The molecule has 0 bridgehead atoms. The normalized spacial score (nSPS) is 12.8. The number of nitrogens with zero attached hydrogens (tertiary/aromatic N) is 3. The molecule has 0 radical (unpaired) electrons. The number of rotatable bonds is 7. The summed E-state index contributed by atoms with van der Waals surface area (Å²) in [4.78, 5) is 5.49. The molecule has 0 aliphatic rings. The van der Waals surface area contributed by atoms with Crippen LogP contribution in [0.5, 0.6) is 0 Å². The van der Waals surface area contributed by atoms with Crippen LogP contribution in [0.25, 0.3) is 0 Å². The molecule has 1 N–H and O–H groups in total. The van der Waals surface area contributed by atoms with E-state index in [1.165, 1.54) is 16.1 Å². The molecule has 2 rings (SSSR count). The number of aromatic nitrogens is 3. The van der Waals surface area contributed by atoms with Gasteiger partial charge in [0.2, 0.25) is 0 Å². The fourth-order valence-corrected chi connectivity index (χ4v) is 2.92. The third-order valence-electron chi connectivity index (χ3n) is 3.18. The zero-order valence-electron chi connectivity index (χ0n) is 11.9. The molecule has 0 aliphatic heterocycles. The van der Waals surface area contributed by atoms with E-state index in [0.29, 0.717) is 6.04 Å². The molecule has 2 heterocycles. The van der Waals surface area contributed by atoms with Gasteiger partial charge in [0, 0.05) is 42.3 Å². The van der Waals surface area contributed by atoms with Crippen LogP contribution in [0.1, 0.15) is 42.4 Å². The summed E-state index contributed by atoms with van der Waals surface area (Å²) in [5.41, 5.74) is 4.42. The summed E-state index contributed by atoms with van der Waals surface area (Å²) in [5.74, 6) is 0. The van der Waals surface area contributed by atoms with E-state index < -0.39 is 0 Å². The smallest absolute Gasteiger partial charge is 0.0794 e. The fourth-order valence-electron chi connectivity index (χ4n) is 2.27. The van der Waals surface area contributed by atoms with Gasteiger partial charge in [0.05, 0.1) is 11.2 Å². The molecule has 0 spiro atoms. The highest BCUT2D eigenvalue weighted by molar-refractivity contribution is 7.09. The van der Waals surface area contributed by atoms with Crippen LogP contribution in [0, 0.1) is 0 Å². The van der Waals surface area contributed by atoms with Gasteiger partial charge in [-0.1, -0.05) is 13.8 Å². The van der Waals surface area contributed by atoms with Gasteiger partial charge in [0.1, 0.15) is 0 Å². The predicted molar refractivity (Wildman–Crippen MR) is 79.4 cm³/mol. The topological polar surface area (TPSA) is 42.7 Å². The van der Waals surface area contributed by atoms with Crippen molar-refractivity contribution < 1.29 is 0 Å². The van der Waals surface area contributed by atoms with E-state index in [-0.39, 0.29) is 0 Å². The first-order valence-electron chi connectivity index (χ1n) is 6.87. The standard InChI is InChI=1S/C14H22N4S/c1-4-6-16-14(7-11-8-15-10-19-11)12-9-18(3)17-13(12)5-2/h8-10,14,16H,4-7H2,1-3H3.